The molecule has 3 aromatic rings. The Kier molecular flexibility index (Phi) is 4.06. The molecule has 6 nitrogen and oxygen atoms in total. The van der Waals surface area contributed by atoms with Crippen molar-refractivity contribution in [3.05, 3.63) is 48.0 Å². The number of imidazole rings is 1. The zero-order valence-electron chi connectivity index (χ0n) is 12.3. The lowest BCUT2D eigenvalue weighted by atomic mass is 10.3. The molecule has 22 heavy (non-hydrogen) atoms. The van der Waals surface area contributed by atoms with Gasteiger partial charge in [0.25, 0.3) is 0 Å². The summed E-state index contributed by atoms with van der Waals surface area (Å²) in [6.07, 6.45) is 1.60. The molecule has 0 fully saturated rings. The molecule has 0 bridgehead atoms. The predicted molar refractivity (Wildman–Crippen MR) is 86.3 cm³/mol. The van der Waals surface area contributed by atoms with Crippen LogP contribution in [0.15, 0.2) is 41.8 Å². The van der Waals surface area contributed by atoms with Crippen LogP contribution in [-0.4, -0.2) is 31.3 Å². The zero-order valence-corrected chi connectivity index (χ0v) is 13.1. The quantitative estimate of drug-likeness (QED) is 0.591. The molecule has 0 saturated heterocycles. The number of aryl methyl sites for hydroxylation is 2. The van der Waals surface area contributed by atoms with E-state index in [2.05, 4.69) is 20.4 Å². The van der Waals surface area contributed by atoms with Crippen LogP contribution in [0.25, 0.3) is 11.0 Å². The van der Waals surface area contributed by atoms with Gasteiger partial charge in [0.15, 0.2) is 5.16 Å². The lowest BCUT2D eigenvalue weighted by molar-refractivity contribution is -0.114. The second-order valence-electron chi connectivity index (χ2n) is 4.86. The van der Waals surface area contributed by atoms with Gasteiger partial charge in [0.1, 0.15) is 6.33 Å². The second-order valence-corrected chi connectivity index (χ2v) is 5.80. The third kappa shape index (κ3) is 3.25. The van der Waals surface area contributed by atoms with Crippen molar-refractivity contribution in [2.75, 3.05) is 11.2 Å². The number of nitrogens with zero attached hydrogens (tertiary/aromatic N) is 4. The van der Waals surface area contributed by atoms with E-state index in [1.807, 2.05) is 44.2 Å². The van der Waals surface area contributed by atoms with Gasteiger partial charge in [0.05, 0.1) is 16.8 Å². The van der Waals surface area contributed by atoms with Crippen LogP contribution in [0.2, 0.25) is 0 Å². The van der Waals surface area contributed by atoms with Crippen molar-refractivity contribution in [3.8, 4) is 0 Å². The highest BCUT2D eigenvalue weighted by molar-refractivity contribution is 7.99. The highest BCUT2D eigenvalue weighted by atomic mass is 32.2. The first-order valence-electron chi connectivity index (χ1n) is 6.79. The maximum atomic E-state index is 12.1. The molecule has 3 rings (SSSR count). The molecule has 2 heterocycles. The van der Waals surface area contributed by atoms with E-state index in [9.17, 15) is 4.79 Å². The van der Waals surface area contributed by atoms with Crippen molar-refractivity contribution in [1.82, 2.24) is 19.6 Å². The third-order valence-electron chi connectivity index (χ3n) is 2.99. The van der Waals surface area contributed by atoms with E-state index >= 15 is 0 Å². The Labute approximate surface area is 132 Å². The Morgan fingerprint density at radius 3 is 2.73 bits per heavy atom. The summed E-state index contributed by atoms with van der Waals surface area (Å²) in [4.78, 5) is 24.9. The molecule has 0 aliphatic heterocycles. The fraction of sp³-hybridized carbons (Fsp3) is 0.200. The van der Waals surface area contributed by atoms with Crippen molar-refractivity contribution >= 4 is 28.7 Å². The van der Waals surface area contributed by atoms with E-state index in [1.165, 1.54) is 11.8 Å². The third-order valence-corrected chi connectivity index (χ3v) is 3.84. The molecule has 1 N–H and O–H groups in total. The summed E-state index contributed by atoms with van der Waals surface area (Å²) in [5.74, 6) is 0.117. The molecular formula is C15H15N5OS. The highest BCUT2D eigenvalue weighted by Crippen LogP contribution is 2.14. The van der Waals surface area contributed by atoms with Gasteiger partial charge in [0, 0.05) is 11.4 Å². The topological polar surface area (TPSA) is 72.7 Å². The Bertz CT molecular complexity index is 809. The van der Waals surface area contributed by atoms with Gasteiger partial charge < -0.3 is 0 Å². The van der Waals surface area contributed by atoms with Crippen molar-refractivity contribution < 1.29 is 4.79 Å². The van der Waals surface area contributed by atoms with Gasteiger partial charge in [-0.1, -0.05) is 23.9 Å². The molecule has 0 saturated carbocycles. The second kappa shape index (κ2) is 6.15. The molecule has 0 aliphatic carbocycles. The van der Waals surface area contributed by atoms with Crippen LogP contribution in [-0.2, 0) is 4.79 Å². The first-order valence-corrected chi connectivity index (χ1v) is 7.77. The van der Waals surface area contributed by atoms with Crippen LogP contribution in [0, 0.1) is 13.8 Å². The number of thioether (sulfide) groups is 1. The molecule has 7 heteroatoms. The van der Waals surface area contributed by atoms with Gasteiger partial charge in [-0.15, -0.1) is 0 Å². The molecule has 1 aromatic carbocycles. The summed E-state index contributed by atoms with van der Waals surface area (Å²) in [5.41, 5.74) is 6.31. The zero-order chi connectivity index (χ0) is 15.5. The van der Waals surface area contributed by atoms with Crippen LogP contribution in [0.1, 0.15) is 11.4 Å². The number of carbonyl (C=O) groups is 1. The van der Waals surface area contributed by atoms with E-state index < -0.39 is 0 Å². The van der Waals surface area contributed by atoms with Crippen LogP contribution in [0.3, 0.4) is 0 Å². The summed E-state index contributed by atoms with van der Waals surface area (Å²) in [7, 11) is 0. The SMILES string of the molecule is Cc1cc(C)nc(SCC(=O)Nn2cnc3ccccc32)n1. The standard InChI is InChI=1S/C15H15N5OS/c1-10-7-11(2)18-15(17-10)22-8-14(21)19-20-9-16-12-5-3-4-6-13(12)20/h3-7,9H,8H2,1-2H3,(H,19,21). The van der Waals surface area contributed by atoms with Crippen LogP contribution < -0.4 is 5.43 Å². The normalized spacial score (nSPS) is 10.8. The van der Waals surface area contributed by atoms with Crippen LogP contribution >= 0.6 is 11.8 Å². The number of para-hydroxylation sites is 2. The number of hydrogen-bond acceptors (Lipinski definition) is 5. The summed E-state index contributed by atoms with van der Waals surface area (Å²) in [5, 5.41) is 0.614. The van der Waals surface area contributed by atoms with Crippen molar-refractivity contribution in [3.63, 3.8) is 0 Å². The summed E-state index contributed by atoms with van der Waals surface area (Å²) in [6, 6.07) is 9.53. The number of fused-ring (bicyclic) bond motifs is 1. The number of rotatable bonds is 4. The summed E-state index contributed by atoms with van der Waals surface area (Å²) in [6.45, 7) is 3.83. The average Bonchev–Trinajstić information content (AvgIpc) is 2.88. The minimum Gasteiger partial charge on any atom is -0.272 e. The average molecular weight is 313 g/mol. The van der Waals surface area contributed by atoms with Crippen molar-refractivity contribution in [1.29, 1.82) is 0 Å². The Morgan fingerprint density at radius 2 is 1.95 bits per heavy atom. The van der Waals surface area contributed by atoms with Crippen LogP contribution in [0.4, 0.5) is 0 Å². The van der Waals surface area contributed by atoms with E-state index in [1.54, 1.807) is 11.0 Å². The van der Waals surface area contributed by atoms with Crippen molar-refractivity contribution in [2.24, 2.45) is 0 Å². The summed E-state index contributed by atoms with van der Waals surface area (Å²) < 4.78 is 1.63. The maximum absolute atomic E-state index is 12.1. The minimum absolute atomic E-state index is 0.129. The van der Waals surface area contributed by atoms with E-state index in [4.69, 9.17) is 0 Å². The first kappa shape index (κ1) is 14.5. The lowest BCUT2D eigenvalue weighted by Crippen LogP contribution is -2.23. The Morgan fingerprint density at radius 1 is 1.23 bits per heavy atom. The first-order chi connectivity index (χ1) is 10.6. The van der Waals surface area contributed by atoms with E-state index in [0.29, 0.717) is 5.16 Å². The Balaban J connectivity index is 1.65. The van der Waals surface area contributed by atoms with Crippen LogP contribution in [0.5, 0.6) is 0 Å². The van der Waals surface area contributed by atoms with Gasteiger partial charge in [0.2, 0.25) is 5.91 Å². The molecule has 112 valence electrons. The minimum atomic E-state index is -0.129. The Hall–Kier alpha value is -2.41. The molecular weight excluding hydrogens is 298 g/mol. The largest absolute Gasteiger partial charge is 0.272 e. The van der Waals surface area contributed by atoms with E-state index in [-0.39, 0.29) is 11.7 Å². The predicted octanol–water partition coefficient (Wildman–Crippen LogP) is 2.31. The number of nitrogens with one attached hydrogen (secondary N) is 1. The molecule has 0 radical (unpaired) electrons. The smallest absolute Gasteiger partial charge is 0.249 e. The van der Waals surface area contributed by atoms with Gasteiger partial charge in [-0.25, -0.2) is 19.6 Å². The molecule has 0 spiro atoms. The van der Waals surface area contributed by atoms with Gasteiger partial charge in [-0.05, 0) is 32.0 Å². The monoisotopic (exact) mass is 313 g/mol. The molecule has 0 aliphatic rings. The lowest BCUT2D eigenvalue weighted by Gasteiger charge is -2.07. The highest BCUT2D eigenvalue weighted by Gasteiger charge is 2.08. The molecule has 0 unspecified atom stereocenters. The maximum Gasteiger partial charge on any atom is 0.249 e. The molecule has 1 amide bonds. The number of benzene rings is 1. The number of carbonyl (C=O) groups excluding carboxylic acids is 1. The number of amides is 1. The fourth-order valence-electron chi connectivity index (χ4n) is 2.10. The van der Waals surface area contributed by atoms with Crippen molar-refractivity contribution in [2.45, 2.75) is 19.0 Å². The summed E-state index contributed by atoms with van der Waals surface area (Å²) >= 11 is 1.32. The van der Waals surface area contributed by atoms with Gasteiger partial charge in [-0.3, -0.25) is 10.2 Å². The van der Waals surface area contributed by atoms with Gasteiger partial charge in [-0.2, -0.15) is 0 Å². The molecule has 0 atom stereocenters. The number of aromatic nitrogens is 4. The molecule has 2 aromatic heterocycles. The number of hydrogen-bond donors (Lipinski definition) is 1. The van der Waals surface area contributed by atoms with E-state index in [0.717, 1.165) is 22.4 Å². The fourth-order valence-corrected chi connectivity index (χ4v) is 2.84. The van der Waals surface area contributed by atoms with Gasteiger partial charge >= 0.3 is 0 Å².